The van der Waals surface area contributed by atoms with Crippen molar-refractivity contribution in [3.8, 4) is 5.75 Å². The van der Waals surface area contributed by atoms with E-state index < -0.39 is 0 Å². The summed E-state index contributed by atoms with van der Waals surface area (Å²) in [5.74, 6) is 0.977. The molecule has 1 aromatic carbocycles. The standard InChI is InChI=1S/C10H8BrIOS/c1-13-9-3-6(4-11)2-7-8(12)5-14-10(7)9/h2-3,5H,4H2,1H3. The first-order valence-electron chi connectivity index (χ1n) is 4.06. The molecule has 0 spiro atoms. The maximum absolute atomic E-state index is 5.37. The van der Waals surface area contributed by atoms with E-state index in [0.29, 0.717) is 0 Å². The number of alkyl halides is 1. The van der Waals surface area contributed by atoms with Gasteiger partial charge in [0, 0.05) is 19.7 Å². The van der Waals surface area contributed by atoms with Gasteiger partial charge in [-0.15, -0.1) is 11.3 Å². The van der Waals surface area contributed by atoms with Crippen LogP contribution in [0.15, 0.2) is 17.5 Å². The number of thiophene rings is 1. The van der Waals surface area contributed by atoms with Gasteiger partial charge in [0.25, 0.3) is 0 Å². The number of benzene rings is 1. The molecule has 0 aliphatic carbocycles. The lowest BCUT2D eigenvalue weighted by Crippen LogP contribution is -1.85. The number of halogens is 2. The zero-order valence-corrected chi connectivity index (χ0v) is 12.1. The molecule has 0 unspecified atom stereocenters. The second-order valence-corrected chi connectivity index (χ2v) is 5.49. The fourth-order valence-corrected chi connectivity index (χ4v) is 3.58. The average Bonchev–Trinajstić information content (AvgIpc) is 2.59. The number of hydrogen-bond acceptors (Lipinski definition) is 2. The Hall–Kier alpha value is 0.190. The summed E-state index contributed by atoms with van der Waals surface area (Å²) in [6.07, 6.45) is 0. The summed E-state index contributed by atoms with van der Waals surface area (Å²) in [6.45, 7) is 0. The third-order valence-electron chi connectivity index (χ3n) is 2.03. The Bertz CT molecular complexity index is 466. The highest BCUT2D eigenvalue weighted by molar-refractivity contribution is 14.1. The Morgan fingerprint density at radius 2 is 2.29 bits per heavy atom. The fraction of sp³-hybridized carbons (Fsp3) is 0.200. The Kier molecular flexibility index (Phi) is 3.34. The van der Waals surface area contributed by atoms with E-state index in [9.17, 15) is 0 Å². The molecule has 0 N–H and O–H groups in total. The highest BCUT2D eigenvalue weighted by Crippen LogP contribution is 2.36. The topological polar surface area (TPSA) is 9.23 Å². The van der Waals surface area contributed by atoms with Crippen LogP contribution in [0.5, 0.6) is 5.75 Å². The number of fused-ring (bicyclic) bond motifs is 1. The number of hydrogen-bond donors (Lipinski definition) is 0. The van der Waals surface area contributed by atoms with Gasteiger partial charge in [0.15, 0.2) is 0 Å². The van der Waals surface area contributed by atoms with E-state index in [1.165, 1.54) is 19.2 Å². The van der Waals surface area contributed by atoms with E-state index >= 15 is 0 Å². The first kappa shape index (κ1) is 10.7. The molecule has 2 aromatic rings. The van der Waals surface area contributed by atoms with Crippen LogP contribution < -0.4 is 4.74 Å². The molecule has 4 heteroatoms. The van der Waals surface area contributed by atoms with E-state index in [1.807, 2.05) is 0 Å². The molecule has 0 saturated carbocycles. The maximum Gasteiger partial charge on any atom is 0.136 e. The van der Waals surface area contributed by atoms with Gasteiger partial charge < -0.3 is 4.74 Å². The van der Waals surface area contributed by atoms with Crippen LogP contribution in [0.3, 0.4) is 0 Å². The summed E-state index contributed by atoms with van der Waals surface area (Å²) in [7, 11) is 1.72. The molecule has 0 amide bonds. The van der Waals surface area contributed by atoms with Crippen LogP contribution in [0.25, 0.3) is 10.1 Å². The first-order chi connectivity index (χ1) is 6.76. The van der Waals surface area contributed by atoms with Crippen LogP contribution in [0, 0.1) is 3.57 Å². The van der Waals surface area contributed by atoms with Crippen molar-refractivity contribution < 1.29 is 4.74 Å². The van der Waals surface area contributed by atoms with Gasteiger partial charge in [-0.25, -0.2) is 0 Å². The highest BCUT2D eigenvalue weighted by atomic mass is 127. The van der Waals surface area contributed by atoms with Gasteiger partial charge in [0.2, 0.25) is 0 Å². The molecule has 14 heavy (non-hydrogen) atoms. The molecule has 1 heterocycles. The van der Waals surface area contributed by atoms with E-state index in [1.54, 1.807) is 18.4 Å². The van der Waals surface area contributed by atoms with Crippen molar-refractivity contribution in [1.29, 1.82) is 0 Å². The van der Waals surface area contributed by atoms with Crippen LogP contribution >= 0.6 is 49.9 Å². The van der Waals surface area contributed by atoms with Crippen molar-refractivity contribution in [2.45, 2.75) is 5.33 Å². The van der Waals surface area contributed by atoms with E-state index in [2.05, 4.69) is 56.0 Å². The summed E-state index contributed by atoms with van der Waals surface area (Å²) >= 11 is 7.56. The van der Waals surface area contributed by atoms with E-state index in [4.69, 9.17) is 4.74 Å². The molecule has 0 atom stereocenters. The van der Waals surface area contributed by atoms with Crippen molar-refractivity contribution >= 4 is 59.9 Å². The molecular weight excluding hydrogens is 375 g/mol. The predicted molar refractivity (Wildman–Crippen MR) is 73.7 cm³/mol. The quantitative estimate of drug-likeness (QED) is 0.552. The van der Waals surface area contributed by atoms with Gasteiger partial charge in [-0.1, -0.05) is 15.9 Å². The van der Waals surface area contributed by atoms with Crippen molar-refractivity contribution in [2.75, 3.05) is 7.11 Å². The minimum absolute atomic E-state index is 0.866. The maximum atomic E-state index is 5.37. The molecule has 0 fully saturated rings. The van der Waals surface area contributed by atoms with Crippen LogP contribution in [0.4, 0.5) is 0 Å². The molecule has 0 radical (unpaired) electrons. The highest BCUT2D eigenvalue weighted by Gasteiger charge is 2.08. The Morgan fingerprint density at radius 1 is 1.50 bits per heavy atom. The Labute approximate surface area is 109 Å². The molecule has 0 aliphatic heterocycles. The SMILES string of the molecule is COc1cc(CBr)cc2c(I)csc12. The van der Waals surface area contributed by atoms with Gasteiger partial charge in [-0.2, -0.15) is 0 Å². The fourth-order valence-electron chi connectivity index (χ4n) is 1.36. The van der Waals surface area contributed by atoms with E-state index in [0.717, 1.165) is 11.1 Å². The van der Waals surface area contributed by atoms with E-state index in [-0.39, 0.29) is 0 Å². The second-order valence-electron chi connectivity index (χ2n) is 2.89. The Balaban J connectivity index is 2.76. The summed E-state index contributed by atoms with van der Waals surface area (Å²) in [5, 5.41) is 4.32. The van der Waals surface area contributed by atoms with Crippen LogP contribution in [0.1, 0.15) is 5.56 Å². The van der Waals surface area contributed by atoms with Crippen LogP contribution in [-0.4, -0.2) is 7.11 Å². The molecule has 0 saturated heterocycles. The summed E-state index contributed by atoms with van der Waals surface area (Å²) in [6, 6.07) is 4.30. The second kappa shape index (κ2) is 4.37. The molecule has 1 nitrogen and oxygen atoms in total. The number of ether oxygens (including phenoxy) is 1. The molecule has 2 rings (SSSR count). The van der Waals surface area contributed by atoms with Crippen molar-refractivity contribution in [3.63, 3.8) is 0 Å². The molecule has 0 aliphatic rings. The molecular formula is C10H8BrIOS. The van der Waals surface area contributed by atoms with Crippen molar-refractivity contribution in [1.82, 2.24) is 0 Å². The largest absolute Gasteiger partial charge is 0.495 e. The zero-order chi connectivity index (χ0) is 10.1. The van der Waals surface area contributed by atoms with Crippen molar-refractivity contribution in [2.24, 2.45) is 0 Å². The normalized spacial score (nSPS) is 10.8. The van der Waals surface area contributed by atoms with Gasteiger partial charge in [-0.05, 0) is 40.3 Å². The average molecular weight is 383 g/mol. The minimum atomic E-state index is 0.866. The number of rotatable bonds is 2. The predicted octanol–water partition coefficient (Wildman–Crippen LogP) is 4.41. The molecule has 0 bridgehead atoms. The minimum Gasteiger partial charge on any atom is -0.495 e. The summed E-state index contributed by atoms with van der Waals surface area (Å²) in [4.78, 5) is 0. The third-order valence-corrected chi connectivity index (χ3v) is 5.00. The lowest BCUT2D eigenvalue weighted by molar-refractivity contribution is 0.420. The van der Waals surface area contributed by atoms with Gasteiger partial charge in [0.05, 0.1) is 11.8 Å². The summed E-state index contributed by atoms with van der Waals surface area (Å²) < 4.78 is 7.90. The van der Waals surface area contributed by atoms with Gasteiger partial charge >= 0.3 is 0 Å². The lowest BCUT2D eigenvalue weighted by Gasteiger charge is -2.04. The Morgan fingerprint density at radius 3 is 2.93 bits per heavy atom. The van der Waals surface area contributed by atoms with Gasteiger partial charge in [0.1, 0.15) is 5.75 Å². The zero-order valence-electron chi connectivity index (χ0n) is 7.51. The lowest BCUT2D eigenvalue weighted by atomic mass is 10.2. The molecule has 74 valence electrons. The monoisotopic (exact) mass is 382 g/mol. The third kappa shape index (κ3) is 1.79. The van der Waals surface area contributed by atoms with Crippen molar-refractivity contribution in [3.05, 3.63) is 26.6 Å². The molecule has 1 aromatic heterocycles. The van der Waals surface area contributed by atoms with Crippen LogP contribution in [0.2, 0.25) is 0 Å². The first-order valence-corrected chi connectivity index (χ1v) is 7.14. The van der Waals surface area contributed by atoms with Gasteiger partial charge in [-0.3, -0.25) is 0 Å². The van der Waals surface area contributed by atoms with Crippen LogP contribution in [-0.2, 0) is 5.33 Å². The summed E-state index contributed by atoms with van der Waals surface area (Å²) in [5.41, 5.74) is 1.26. The number of methoxy groups -OCH3 is 1. The smallest absolute Gasteiger partial charge is 0.136 e.